The van der Waals surface area contributed by atoms with Crippen LogP contribution in [0, 0.1) is 16.7 Å². The zero-order chi connectivity index (χ0) is 14.3. The fourth-order valence-electron chi connectivity index (χ4n) is 2.90. The van der Waals surface area contributed by atoms with Gasteiger partial charge in [0, 0.05) is 12.8 Å². The van der Waals surface area contributed by atoms with Gasteiger partial charge in [0.25, 0.3) is 0 Å². The zero-order valence-electron chi connectivity index (χ0n) is 11.7. The van der Waals surface area contributed by atoms with Gasteiger partial charge in [-0.2, -0.15) is 5.26 Å². The van der Waals surface area contributed by atoms with Crippen LogP contribution in [0.3, 0.4) is 0 Å². The molecule has 0 spiro atoms. The predicted molar refractivity (Wildman–Crippen MR) is 68.2 cm³/mol. The maximum absolute atomic E-state index is 11.9. The first-order chi connectivity index (χ1) is 8.72. The number of amides is 1. The van der Waals surface area contributed by atoms with E-state index in [0.717, 1.165) is 19.3 Å². The second-order valence-electron chi connectivity index (χ2n) is 6.65. The molecule has 0 aromatic carbocycles. The van der Waals surface area contributed by atoms with E-state index in [9.17, 15) is 14.9 Å². The van der Waals surface area contributed by atoms with Crippen LogP contribution in [0.4, 0.5) is 4.79 Å². The molecule has 2 saturated carbocycles. The van der Waals surface area contributed by atoms with Crippen molar-refractivity contribution < 1.29 is 14.3 Å². The van der Waals surface area contributed by atoms with Gasteiger partial charge in [0.1, 0.15) is 11.4 Å². The molecule has 1 N–H and O–H groups in total. The van der Waals surface area contributed by atoms with Crippen LogP contribution in [0.25, 0.3) is 0 Å². The zero-order valence-corrected chi connectivity index (χ0v) is 11.7. The number of nitrogens with zero attached hydrogens (tertiary/aromatic N) is 1. The number of nitriles is 1. The molecule has 5 heteroatoms. The molecule has 0 unspecified atom stereocenters. The van der Waals surface area contributed by atoms with Gasteiger partial charge in [0.05, 0.1) is 17.0 Å². The van der Waals surface area contributed by atoms with E-state index in [1.54, 1.807) is 20.8 Å². The highest BCUT2D eigenvalue weighted by atomic mass is 16.6. The minimum atomic E-state index is -0.723. The molecule has 2 fully saturated rings. The first kappa shape index (κ1) is 13.9. The van der Waals surface area contributed by atoms with E-state index in [4.69, 9.17) is 4.74 Å². The summed E-state index contributed by atoms with van der Waals surface area (Å²) in [6.07, 6.45) is 2.45. The number of rotatable bonds is 2. The van der Waals surface area contributed by atoms with Gasteiger partial charge in [-0.1, -0.05) is 0 Å². The first-order valence-corrected chi connectivity index (χ1v) is 6.66. The van der Waals surface area contributed by atoms with Crippen molar-refractivity contribution in [1.29, 1.82) is 5.26 Å². The smallest absolute Gasteiger partial charge is 0.408 e. The molecule has 2 aliphatic carbocycles. The number of hydrogen-bond donors (Lipinski definition) is 1. The molecule has 0 aliphatic heterocycles. The summed E-state index contributed by atoms with van der Waals surface area (Å²) >= 11 is 0. The van der Waals surface area contributed by atoms with Crippen LogP contribution in [-0.2, 0) is 9.53 Å². The monoisotopic (exact) mass is 264 g/mol. The number of nitrogens with one attached hydrogen (secondary N) is 1. The fraction of sp³-hybridized carbons (Fsp3) is 0.786. The molecule has 0 atom stereocenters. The van der Waals surface area contributed by atoms with Crippen molar-refractivity contribution >= 4 is 11.9 Å². The first-order valence-electron chi connectivity index (χ1n) is 6.66. The van der Waals surface area contributed by atoms with Crippen molar-refractivity contribution in [3.8, 4) is 6.07 Å². The fourth-order valence-corrected chi connectivity index (χ4v) is 2.90. The minimum absolute atomic E-state index is 0.0961. The van der Waals surface area contributed by atoms with Crippen molar-refractivity contribution in [2.45, 2.75) is 64.0 Å². The molecular formula is C14H20N2O3. The highest BCUT2D eigenvalue weighted by Gasteiger charge is 2.62. The van der Waals surface area contributed by atoms with Crippen LogP contribution < -0.4 is 5.32 Å². The van der Waals surface area contributed by atoms with Crippen LogP contribution in [0.15, 0.2) is 0 Å². The lowest BCUT2D eigenvalue weighted by atomic mass is 9.50. The maximum Gasteiger partial charge on any atom is 0.408 e. The molecule has 0 bridgehead atoms. The number of carbonyl (C=O) groups excluding carboxylic acids is 2. The molecule has 2 aliphatic rings. The molecule has 0 aromatic heterocycles. The van der Waals surface area contributed by atoms with E-state index in [1.807, 2.05) is 0 Å². The molecule has 0 saturated heterocycles. The quantitative estimate of drug-likeness (QED) is 0.830. The molecule has 0 aromatic rings. The number of hydrogen-bond acceptors (Lipinski definition) is 4. The highest BCUT2D eigenvalue weighted by Crippen LogP contribution is 2.55. The SMILES string of the molecule is CC(C)(C)OC(=O)NC1(C2(C#N)CC(=O)C2)CCC1. The van der Waals surface area contributed by atoms with Crippen molar-refractivity contribution in [1.82, 2.24) is 5.32 Å². The standard InChI is InChI=1S/C14H20N2O3/c1-12(2,3)19-11(18)16-14(5-4-6-14)13(9-15)7-10(17)8-13/h4-8H2,1-3H3,(H,16,18). The molecule has 5 nitrogen and oxygen atoms in total. The van der Waals surface area contributed by atoms with Gasteiger partial charge in [-0.05, 0) is 40.0 Å². The molecule has 19 heavy (non-hydrogen) atoms. The third kappa shape index (κ3) is 2.32. The van der Waals surface area contributed by atoms with Crippen molar-refractivity contribution in [3.05, 3.63) is 0 Å². The van der Waals surface area contributed by atoms with Crippen LogP contribution in [-0.4, -0.2) is 23.0 Å². The summed E-state index contributed by atoms with van der Waals surface area (Å²) in [5.74, 6) is 0.0961. The van der Waals surface area contributed by atoms with Crippen LogP contribution in [0.1, 0.15) is 52.9 Å². The molecule has 0 heterocycles. The lowest BCUT2D eigenvalue weighted by Crippen LogP contribution is -2.68. The Morgan fingerprint density at radius 1 is 1.37 bits per heavy atom. The van der Waals surface area contributed by atoms with Crippen molar-refractivity contribution in [2.24, 2.45) is 5.41 Å². The number of alkyl carbamates (subject to hydrolysis) is 1. The van der Waals surface area contributed by atoms with E-state index in [0.29, 0.717) is 0 Å². The molecule has 1 amide bonds. The Labute approximate surface area is 113 Å². The topological polar surface area (TPSA) is 79.2 Å². The minimum Gasteiger partial charge on any atom is -0.444 e. The number of ether oxygens (including phenoxy) is 1. The Morgan fingerprint density at radius 3 is 2.26 bits per heavy atom. The van der Waals surface area contributed by atoms with E-state index in [1.165, 1.54) is 0 Å². The summed E-state index contributed by atoms with van der Waals surface area (Å²) in [5, 5.41) is 12.3. The number of carbonyl (C=O) groups is 2. The second-order valence-corrected chi connectivity index (χ2v) is 6.65. The normalized spacial score (nSPS) is 23.6. The van der Waals surface area contributed by atoms with Crippen molar-refractivity contribution in [2.75, 3.05) is 0 Å². The average Bonchev–Trinajstić information content (AvgIpc) is 2.16. The van der Waals surface area contributed by atoms with Gasteiger partial charge < -0.3 is 10.1 Å². The Morgan fingerprint density at radius 2 is 1.95 bits per heavy atom. The summed E-state index contributed by atoms with van der Waals surface area (Å²) in [7, 11) is 0. The number of ketones is 1. The summed E-state index contributed by atoms with van der Waals surface area (Å²) in [6.45, 7) is 5.40. The second kappa shape index (κ2) is 4.22. The summed E-state index contributed by atoms with van der Waals surface area (Å²) in [6, 6.07) is 2.27. The summed E-state index contributed by atoms with van der Waals surface area (Å²) in [4.78, 5) is 23.2. The van der Waals surface area contributed by atoms with Gasteiger partial charge in [-0.3, -0.25) is 4.79 Å². The maximum atomic E-state index is 11.9. The third-order valence-electron chi connectivity index (χ3n) is 4.08. The Bertz CT molecular complexity index is 444. The van der Waals surface area contributed by atoms with E-state index >= 15 is 0 Å². The Hall–Kier alpha value is -1.57. The van der Waals surface area contributed by atoms with Crippen LogP contribution >= 0.6 is 0 Å². The van der Waals surface area contributed by atoms with E-state index < -0.39 is 22.6 Å². The molecule has 104 valence electrons. The lowest BCUT2D eigenvalue weighted by Gasteiger charge is -2.55. The Balaban J connectivity index is 2.10. The van der Waals surface area contributed by atoms with Crippen LogP contribution in [0.2, 0.25) is 0 Å². The largest absolute Gasteiger partial charge is 0.444 e. The summed E-state index contributed by atoms with van der Waals surface area (Å²) < 4.78 is 5.26. The average molecular weight is 264 g/mol. The predicted octanol–water partition coefficient (Wildman–Crippen LogP) is 2.31. The molecular weight excluding hydrogens is 244 g/mol. The van der Waals surface area contributed by atoms with E-state index in [2.05, 4.69) is 11.4 Å². The third-order valence-corrected chi connectivity index (χ3v) is 4.08. The van der Waals surface area contributed by atoms with E-state index in [-0.39, 0.29) is 18.6 Å². The van der Waals surface area contributed by atoms with Gasteiger partial charge >= 0.3 is 6.09 Å². The molecule has 0 radical (unpaired) electrons. The number of Topliss-reactive ketones (excluding diaryl/α,β-unsaturated/α-hetero) is 1. The molecule has 2 rings (SSSR count). The van der Waals surface area contributed by atoms with Crippen molar-refractivity contribution in [3.63, 3.8) is 0 Å². The van der Waals surface area contributed by atoms with Gasteiger partial charge in [-0.15, -0.1) is 0 Å². The Kier molecular flexibility index (Phi) is 3.08. The summed E-state index contributed by atoms with van der Waals surface area (Å²) in [5.41, 5.74) is -1.86. The van der Waals surface area contributed by atoms with Gasteiger partial charge in [0.15, 0.2) is 0 Å². The van der Waals surface area contributed by atoms with Crippen LogP contribution in [0.5, 0.6) is 0 Å². The van der Waals surface area contributed by atoms with Gasteiger partial charge in [-0.25, -0.2) is 4.79 Å². The highest BCUT2D eigenvalue weighted by molar-refractivity contribution is 5.88. The van der Waals surface area contributed by atoms with Gasteiger partial charge in [0.2, 0.25) is 0 Å². The lowest BCUT2D eigenvalue weighted by molar-refractivity contribution is -0.137.